The third kappa shape index (κ3) is 3.48. The first kappa shape index (κ1) is 13.0. The van der Waals surface area contributed by atoms with E-state index in [0.29, 0.717) is 17.8 Å². The van der Waals surface area contributed by atoms with Crippen LogP contribution in [0.25, 0.3) is 0 Å². The molecule has 0 saturated heterocycles. The highest BCUT2D eigenvalue weighted by molar-refractivity contribution is 6.05. The molecule has 5 nitrogen and oxygen atoms in total. The molecule has 1 rings (SSSR count). The van der Waals surface area contributed by atoms with Crippen molar-refractivity contribution in [2.45, 2.75) is 20.3 Å². The lowest BCUT2D eigenvalue weighted by Crippen LogP contribution is -2.22. The maximum atomic E-state index is 9.17. The lowest BCUT2D eigenvalue weighted by molar-refractivity contribution is 0.311. The van der Waals surface area contributed by atoms with Crippen LogP contribution in [0.1, 0.15) is 19.4 Å². The van der Waals surface area contributed by atoms with Crippen LogP contribution in [0.3, 0.4) is 0 Å². The number of hydrogen-bond acceptors (Lipinski definition) is 5. The second-order valence-corrected chi connectivity index (χ2v) is 3.91. The Morgan fingerprint density at radius 1 is 1.06 bits per heavy atom. The van der Waals surface area contributed by atoms with Crippen LogP contribution in [0.4, 0.5) is 0 Å². The number of phenolic OH excluding ortho intramolecular Hbond substituents is 1. The predicted octanol–water partition coefficient (Wildman–Crippen LogP) is 2.25. The molecule has 0 saturated carbocycles. The topological polar surface area (TPSA) is 85.4 Å². The quantitative estimate of drug-likeness (QED) is 0.426. The SMILES string of the molecule is C/C(=N\O)C(Cc1ccc(O)cc1)/C(C)=N/O. The number of phenols is 1. The first-order valence-electron chi connectivity index (χ1n) is 5.23. The van der Waals surface area contributed by atoms with E-state index in [1.54, 1.807) is 38.1 Å². The average molecular weight is 236 g/mol. The highest BCUT2D eigenvalue weighted by atomic mass is 16.4. The van der Waals surface area contributed by atoms with Crippen LogP contribution < -0.4 is 0 Å². The summed E-state index contributed by atoms with van der Waals surface area (Å²) in [6, 6.07) is 6.72. The van der Waals surface area contributed by atoms with Crippen LogP contribution in [0.15, 0.2) is 34.6 Å². The Balaban J connectivity index is 2.91. The largest absolute Gasteiger partial charge is 0.508 e. The summed E-state index contributed by atoms with van der Waals surface area (Å²) in [4.78, 5) is 0. The molecule has 5 heteroatoms. The molecule has 0 heterocycles. The minimum Gasteiger partial charge on any atom is -0.508 e. The van der Waals surface area contributed by atoms with E-state index < -0.39 is 0 Å². The summed E-state index contributed by atoms with van der Waals surface area (Å²) in [6.07, 6.45) is 0.548. The Bertz CT molecular complexity index is 406. The molecule has 0 bridgehead atoms. The molecular weight excluding hydrogens is 220 g/mol. The van der Waals surface area contributed by atoms with E-state index in [9.17, 15) is 5.11 Å². The zero-order valence-corrected chi connectivity index (χ0v) is 9.83. The van der Waals surface area contributed by atoms with E-state index >= 15 is 0 Å². The van der Waals surface area contributed by atoms with Crippen molar-refractivity contribution in [1.82, 2.24) is 0 Å². The van der Waals surface area contributed by atoms with Crippen LogP contribution in [-0.2, 0) is 6.42 Å². The van der Waals surface area contributed by atoms with E-state index in [2.05, 4.69) is 10.3 Å². The Kier molecular flexibility index (Phi) is 4.51. The molecule has 1 aromatic carbocycles. The van der Waals surface area contributed by atoms with Gasteiger partial charge in [-0.15, -0.1) is 0 Å². The molecule has 0 spiro atoms. The molecule has 0 aliphatic heterocycles. The van der Waals surface area contributed by atoms with Crippen molar-refractivity contribution in [1.29, 1.82) is 0 Å². The van der Waals surface area contributed by atoms with Gasteiger partial charge in [-0.05, 0) is 38.0 Å². The van der Waals surface area contributed by atoms with Gasteiger partial charge in [-0.1, -0.05) is 22.4 Å². The first-order chi connectivity index (χ1) is 8.08. The van der Waals surface area contributed by atoms with Crippen LogP contribution in [0.2, 0.25) is 0 Å². The van der Waals surface area contributed by atoms with Crippen LogP contribution in [-0.4, -0.2) is 26.9 Å². The molecule has 0 radical (unpaired) electrons. The first-order valence-corrected chi connectivity index (χ1v) is 5.23. The molecule has 1 aromatic rings. The molecule has 0 amide bonds. The zero-order chi connectivity index (χ0) is 12.8. The molecule has 0 aliphatic carbocycles. The van der Waals surface area contributed by atoms with Gasteiger partial charge >= 0.3 is 0 Å². The van der Waals surface area contributed by atoms with Crippen molar-refractivity contribution in [3.63, 3.8) is 0 Å². The number of hydrogen-bond donors (Lipinski definition) is 3. The van der Waals surface area contributed by atoms with Gasteiger partial charge in [0.1, 0.15) is 5.75 Å². The molecule has 0 unspecified atom stereocenters. The Hall–Kier alpha value is -2.04. The van der Waals surface area contributed by atoms with Crippen molar-refractivity contribution in [2.24, 2.45) is 16.2 Å². The normalized spacial score (nSPS) is 14.7. The van der Waals surface area contributed by atoms with Crippen molar-refractivity contribution in [2.75, 3.05) is 0 Å². The monoisotopic (exact) mass is 236 g/mol. The van der Waals surface area contributed by atoms with E-state index in [0.717, 1.165) is 5.56 Å². The van der Waals surface area contributed by atoms with Gasteiger partial charge in [0.25, 0.3) is 0 Å². The fourth-order valence-corrected chi connectivity index (χ4v) is 1.60. The second kappa shape index (κ2) is 5.89. The van der Waals surface area contributed by atoms with Gasteiger partial charge in [0.2, 0.25) is 0 Å². The van der Waals surface area contributed by atoms with Crippen LogP contribution in [0.5, 0.6) is 5.75 Å². The summed E-state index contributed by atoms with van der Waals surface area (Å²) in [5.41, 5.74) is 1.92. The third-order valence-corrected chi connectivity index (χ3v) is 2.70. The van der Waals surface area contributed by atoms with Crippen molar-refractivity contribution in [3.8, 4) is 5.75 Å². The smallest absolute Gasteiger partial charge is 0.115 e. The molecule has 0 fully saturated rings. The fourth-order valence-electron chi connectivity index (χ4n) is 1.60. The lowest BCUT2D eigenvalue weighted by atomic mass is 9.91. The summed E-state index contributed by atoms with van der Waals surface area (Å²) in [5, 5.41) is 33.0. The predicted molar refractivity (Wildman–Crippen MR) is 65.1 cm³/mol. The van der Waals surface area contributed by atoms with E-state index in [4.69, 9.17) is 10.4 Å². The number of benzene rings is 1. The van der Waals surface area contributed by atoms with Gasteiger partial charge < -0.3 is 15.5 Å². The molecule has 0 aliphatic rings. The van der Waals surface area contributed by atoms with Gasteiger partial charge in [-0.3, -0.25) is 0 Å². The van der Waals surface area contributed by atoms with Gasteiger partial charge in [-0.25, -0.2) is 0 Å². The van der Waals surface area contributed by atoms with Crippen molar-refractivity contribution >= 4 is 11.4 Å². The molecule has 17 heavy (non-hydrogen) atoms. The summed E-state index contributed by atoms with van der Waals surface area (Å²) in [7, 11) is 0. The fraction of sp³-hybridized carbons (Fsp3) is 0.333. The molecule has 3 N–H and O–H groups in total. The maximum Gasteiger partial charge on any atom is 0.115 e. The zero-order valence-electron chi connectivity index (χ0n) is 9.83. The van der Waals surface area contributed by atoms with Gasteiger partial charge in [0, 0.05) is 5.92 Å². The van der Waals surface area contributed by atoms with Crippen molar-refractivity contribution < 1.29 is 15.5 Å². The Labute approximate surface area is 99.7 Å². The highest BCUT2D eigenvalue weighted by Crippen LogP contribution is 2.16. The number of rotatable bonds is 4. The summed E-state index contributed by atoms with van der Waals surface area (Å²) >= 11 is 0. The molecule has 0 atom stereocenters. The average Bonchev–Trinajstić information content (AvgIpc) is 2.36. The number of oxime groups is 2. The number of aromatic hydroxyl groups is 1. The maximum absolute atomic E-state index is 9.17. The number of nitrogens with zero attached hydrogens (tertiary/aromatic N) is 2. The highest BCUT2D eigenvalue weighted by Gasteiger charge is 2.17. The van der Waals surface area contributed by atoms with Crippen molar-refractivity contribution in [3.05, 3.63) is 29.8 Å². The minimum absolute atomic E-state index is 0.199. The molecule has 0 aromatic heterocycles. The van der Waals surface area contributed by atoms with Gasteiger partial charge in [0.05, 0.1) is 11.4 Å². The lowest BCUT2D eigenvalue weighted by Gasteiger charge is -2.14. The van der Waals surface area contributed by atoms with E-state index in [-0.39, 0.29) is 11.7 Å². The van der Waals surface area contributed by atoms with Gasteiger partial charge in [-0.2, -0.15) is 0 Å². The third-order valence-electron chi connectivity index (χ3n) is 2.70. The van der Waals surface area contributed by atoms with E-state index in [1.807, 2.05) is 0 Å². The second-order valence-electron chi connectivity index (χ2n) is 3.91. The minimum atomic E-state index is -0.255. The Morgan fingerprint density at radius 2 is 1.53 bits per heavy atom. The summed E-state index contributed by atoms with van der Waals surface area (Å²) in [5.74, 6) is -0.0556. The van der Waals surface area contributed by atoms with Crippen LogP contribution >= 0.6 is 0 Å². The van der Waals surface area contributed by atoms with Gasteiger partial charge in [0.15, 0.2) is 0 Å². The van der Waals surface area contributed by atoms with E-state index in [1.165, 1.54) is 0 Å². The summed E-state index contributed by atoms with van der Waals surface area (Å²) < 4.78 is 0. The standard InChI is InChI=1S/C12H16N2O3/c1-8(13-16)12(9(2)14-17)7-10-3-5-11(15)6-4-10/h3-6,12,15-17H,7H2,1-2H3/b13-8+,14-9+. The van der Waals surface area contributed by atoms with Crippen LogP contribution in [0, 0.1) is 5.92 Å². The summed E-state index contributed by atoms with van der Waals surface area (Å²) in [6.45, 7) is 3.33. The Morgan fingerprint density at radius 3 is 1.94 bits per heavy atom. The molecular formula is C12H16N2O3. The molecule has 92 valence electrons.